The summed E-state index contributed by atoms with van der Waals surface area (Å²) < 4.78 is 4.17. The first-order valence-corrected chi connectivity index (χ1v) is 12.9. The summed E-state index contributed by atoms with van der Waals surface area (Å²) in [6.07, 6.45) is 15.6. The number of ketones is 1. The number of anilines is 1. The van der Waals surface area contributed by atoms with Crippen LogP contribution >= 0.6 is 0 Å². The maximum absolute atomic E-state index is 12.9. The minimum atomic E-state index is 0.167. The van der Waals surface area contributed by atoms with Crippen molar-refractivity contribution in [3.8, 4) is 11.4 Å². The highest BCUT2D eigenvalue weighted by atomic mass is 16.1. The highest BCUT2D eigenvalue weighted by Gasteiger charge is 2.30. The lowest BCUT2D eigenvalue weighted by molar-refractivity contribution is -0.124. The Labute approximate surface area is 209 Å². The number of benzene rings is 1. The number of nitrogen functional groups attached to an aromatic ring is 1. The van der Waals surface area contributed by atoms with Crippen LogP contribution in [-0.4, -0.2) is 34.7 Å². The van der Waals surface area contributed by atoms with Crippen LogP contribution in [0.3, 0.4) is 0 Å². The molecule has 1 fully saturated rings. The van der Waals surface area contributed by atoms with Gasteiger partial charge in [0.1, 0.15) is 28.6 Å². The average Bonchev–Trinajstić information content (AvgIpc) is 3.65. The number of aromatic nitrogens is 6. The number of nitrogens with zero attached hydrogens (tertiary/aromatic N) is 5. The molecule has 1 saturated carbocycles. The maximum atomic E-state index is 12.9. The molecule has 36 heavy (non-hydrogen) atoms. The second-order valence-electron chi connectivity index (χ2n) is 9.89. The first-order valence-electron chi connectivity index (χ1n) is 12.9. The summed E-state index contributed by atoms with van der Waals surface area (Å²) in [5.41, 5.74) is 10.0. The summed E-state index contributed by atoms with van der Waals surface area (Å²) in [4.78, 5) is 29.9. The predicted octanol–water partition coefficient (Wildman–Crippen LogP) is 5.37. The topological polar surface area (TPSA) is 107 Å². The predicted molar refractivity (Wildman–Crippen MR) is 140 cm³/mol. The zero-order valence-corrected chi connectivity index (χ0v) is 20.3. The molecule has 8 nitrogen and oxygen atoms in total. The molecule has 1 aliphatic carbocycles. The van der Waals surface area contributed by atoms with E-state index in [-0.39, 0.29) is 5.92 Å². The van der Waals surface area contributed by atoms with E-state index in [1.165, 1.54) is 0 Å². The number of rotatable bonds is 8. The molecule has 0 bridgehead atoms. The van der Waals surface area contributed by atoms with E-state index in [1.54, 1.807) is 12.4 Å². The molecule has 0 radical (unpaired) electrons. The second kappa shape index (κ2) is 9.60. The standard InChI is InChI=1S/C28H31N7O/c29-27-26-25(23-17-21-5-1-2-6-22(21)32-23)33-28(35(26)16-13-31-27)20-10-8-19(9-11-20)24(36)7-3-4-14-34-15-12-30-18-34/h1-2,5-6,12-13,15-20,32H,3-4,7-11,14H2,(H2,29,31). The molecule has 0 atom stereocenters. The third kappa shape index (κ3) is 4.27. The molecule has 184 valence electrons. The number of carbonyl (C=O) groups excluding carboxylic acids is 1. The number of nitrogens with two attached hydrogens (primary N) is 1. The first kappa shape index (κ1) is 22.5. The summed E-state index contributed by atoms with van der Waals surface area (Å²) in [5.74, 6) is 2.37. The zero-order chi connectivity index (χ0) is 24.5. The van der Waals surface area contributed by atoms with Crippen LogP contribution in [0.2, 0.25) is 0 Å². The Kier molecular flexibility index (Phi) is 6.01. The molecule has 0 unspecified atom stereocenters. The fourth-order valence-electron chi connectivity index (χ4n) is 5.65. The van der Waals surface area contributed by atoms with Gasteiger partial charge in [0, 0.05) is 60.5 Å². The van der Waals surface area contributed by atoms with E-state index in [4.69, 9.17) is 10.7 Å². The minimum absolute atomic E-state index is 0.167. The molecule has 8 heteroatoms. The number of aromatic amines is 1. The Morgan fingerprint density at radius 2 is 1.94 bits per heavy atom. The molecule has 0 amide bonds. The summed E-state index contributed by atoms with van der Waals surface area (Å²) in [5, 5.41) is 1.14. The number of hydrogen-bond donors (Lipinski definition) is 2. The minimum Gasteiger partial charge on any atom is -0.382 e. The van der Waals surface area contributed by atoms with Gasteiger partial charge in [0.25, 0.3) is 0 Å². The maximum Gasteiger partial charge on any atom is 0.150 e. The van der Waals surface area contributed by atoms with E-state index >= 15 is 0 Å². The number of unbranched alkanes of at least 4 members (excludes halogenated alkanes) is 1. The number of hydrogen-bond acceptors (Lipinski definition) is 5. The van der Waals surface area contributed by atoms with Gasteiger partial charge in [-0.25, -0.2) is 15.0 Å². The number of aryl methyl sites for hydroxylation is 1. The van der Waals surface area contributed by atoms with Gasteiger partial charge in [-0.2, -0.15) is 0 Å². The molecular weight excluding hydrogens is 450 g/mol. The van der Waals surface area contributed by atoms with Crippen LogP contribution in [0.5, 0.6) is 0 Å². The zero-order valence-electron chi connectivity index (χ0n) is 20.3. The molecule has 4 aromatic heterocycles. The molecular formula is C28H31N7O. The number of H-pyrrole nitrogens is 1. The molecule has 1 aliphatic rings. The van der Waals surface area contributed by atoms with E-state index in [0.717, 1.165) is 78.7 Å². The highest BCUT2D eigenvalue weighted by Crippen LogP contribution is 2.39. The Morgan fingerprint density at radius 3 is 2.75 bits per heavy atom. The normalized spacial score (nSPS) is 18.2. The molecule has 1 aromatic carbocycles. The van der Waals surface area contributed by atoms with Crippen molar-refractivity contribution in [2.45, 2.75) is 57.4 Å². The number of Topliss-reactive ketones (excluding diaryl/α,β-unsaturated/α-hetero) is 1. The van der Waals surface area contributed by atoms with Gasteiger partial charge < -0.3 is 15.3 Å². The lowest BCUT2D eigenvalue weighted by atomic mass is 9.79. The SMILES string of the molecule is Nc1nccn2c(C3CCC(C(=O)CCCCn4ccnc4)CC3)nc(-c3cc4ccccc4[nH]3)c12. The van der Waals surface area contributed by atoms with Gasteiger partial charge in [-0.05, 0) is 50.7 Å². The highest BCUT2D eigenvalue weighted by molar-refractivity contribution is 5.91. The van der Waals surface area contributed by atoms with Crippen LogP contribution in [0.15, 0.2) is 61.4 Å². The van der Waals surface area contributed by atoms with Crippen molar-refractivity contribution in [3.63, 3.8) is 0 Å². The Morgan fingerprint density at radius 1 is 1.08 bits per heavy atom. The average molecular weight is 482 g/mol. The molecule has 4 heterocycles. The summed E-state index contributed by atoms with van der Waals surface area (Å²) in [7, 11) is 0. The van der Waals surface area contributed by atoms with E-state index < -0.39 is 0 Å². The third-order valence-corrected chi connectivity index (χ3v) is 7.59. The van der Waals surface area contributed by atoms with Crippen LogP contribution in [-0.2, 0) is 11.3 Å². The number of carbonyl (C=O) groups is 1. The van der Waals surface area contributed by atoms with Crippen molar-refractivity contribution >= 4 is 28.0 Å². The van der Waals surface area contributed by atoms with Gasteiger partial charge in [-0.3, -0.25) is 9.20 Å². The summed E-state index contributed by atoms with van der Waals surface area (Å²) >= 11 is 0. The van der Waals surface area contributed by atoms with Crippen molar-refractivity contribution in [1.29, 1.82) is 0 Å². The third-order valence-electron chi connectivity index (χ3n) is 7.59. The summed E-state index contributed by atoms with van der Waals surface area (Å²) in [6, 6.07) is 10.3. The lowest BCUT2D eigenvalue weighted by Gasteiger charge is -2.27. The van der Waals surface area contributed by atoms with Gasteiger partial charge in [-0.1, -0.05) is 18.2 Å². The van der Waals surface area contributed by atoms with Crippen molar-refractivity contribution in [2.75, 3.05) is 5.73 Å². The van der Waals surface area contributed by atoms with Gasteiger partial charge in [0.15, 0.2) is 0 Å². The fraction of sp³-hybridized carbons (Fsp3) is 0.357. The Balaban J connectivity index is 1.16. The van der Waals surface area contributed by atoms with Crippen molar-refractivity contribution in [1.82, 2.24) is 28.9 Å². The van der Waals surface area contributed by atoms with Gasteiger partial charge >= 0.3 is 0 Å². The van der Waals surface area contributed by atoms with Crippen molar-refractivity contribution in [2.24, 2.45) is 5.92 Å². The number of imidazole rings is 2. The summed E-state index contributed by atoms with van der Waals surface area (Å²) in [6.45, 7) is 0.920. The van der Waals surface area contributed by atoms with Crippen LogP contribution in [0.4, 0.5) is 5.82 Å². The molecule has 0 saturated heterocycles. The monoisotopic (exact) mass is 481 g/mol. The number of para-hydroxylation sites is 1. The van der Waals surface area contributed by atoms with Crippen LogP contribution in [0.1, 0.15) is 56.7 Å². The van der Waals surface area contributed by atoms with Gasteiger partial charge in [0.2, 0.25) is 0 Å². The number of fused-ring (bicyclic) bond motifs is 2. The van der Waals surface area contributed by atoms with E-state index in [0.29, 0.717) is 23.9 Å². The Bertz CT molecular complexity index is 1460. The van der Waals surface area contributed by atoms with Crippen LogP contribution in [0.25, 0.3) is 27.8 Å². The fourth-order valence-corrected chi connectivity index (χ4v) is 5.65. The van der Waals surface area contributed by atoms with E-state index in [9.17, 15) is 4.79 Å². The largest absolute Gasteiger partial charge is 0.382 e. The quantitative estimate of drug-likeness (QED) is 0.290. The smallest absolute Gasteiger partial charge is 0.150 e. The molecule has 0 spiro atoms. The molecule has 6 rings (SSSR count). The Hall–Kier alpha value is -3.94. The van der Waals surface area contributed by atoms with Gasteiger partial charge in [0.05, 0.1) is 12.0 Å². The number of nitrogens with one attached hydrogen (secondary N) is 1. The molecule has 3 N–H and O–H groups in total. The second-order valence-corrected chi connectivity index (χ2v) is 9.89. The molecule has 5 aromatic rings. The van der Waals surface area contributed by atoms with Crippen molar-refractivity contribution in [3.05, 3.63) is 67.3 Å². The molecule has 0 aliphatic heterocycles. The lowest BCUT2D eigenvalue weighted by Crippen LogP contribution is -2.22. The van der Waals surface area contributed by atoms with Crippen LogP contribution in [0, 0.1) is 5.92 Å². The van der Waals surface area contributed by atoms with E-state index in [2.05, 4.69) is 42.1 Å². The van der Waals surface area contributed by atoms with Gasteiger partial charge in [-0.15, -0.1) is 0 Å². The van der Waals surface area contributed by atoms with E-state index in [1.807, 2.05) is 30.9 Å². The first-order chi connectivity index (χ1) is 17.7. The van der Waals surface area contributed by atoms with Crippen LogP contribution < -0.4 is 5.73 Å². The van der Waals surface area contributed by atoms with Crippen molar-refractivity contribution < 1.29 is 4.79 Å².